The molecule has 11 heavy (non-hydrogen) atoms. The van der Waals surface area contributed by atoms with Crippen molar-refractivity contribution in [1.29, 1.82) is 0 Å². The first kappa shape index (κ1) is 8.17. The fraction of sp³-hybridized carbons (Fsp3) is 0.333. The number of hydrogen-bond donors (Lipinski definition) is 0. The lowest BCUT2D eigenvalue weighted by Crippen LogP contribution is -1.94. The second-order valence-corrected chi connectivity index (χ2v) is 2.69. The van der Waals surface area contributed by atoms with E-state index < -0.39 is 0 Å². The number of isocyanates is 1. The molecule has 0 saturated heterocycles. The summed E-state index contributed by atoms with van der Waals surface area (Å²) in [6, 6.07) is 0. The number of hydrogen-bond acceptors (Lipinski definition) is 3. The Bertz CT molecular complexity index is 301. The van der Waals surface area contributed by atoms with Gasteiger partial charge in [0.05, 0.1) is 10.7 Å². The van der Waals surface area contributed by atoms with E-state index >= 15 is 0 Å². The molecule has 5 heteroatoms. The standard InChI is InChI=1S/C6H6BrN3O/c1-2-10-6(8-4-11)5(7)3-9-10/h3H,2H2,1H3. The summed E-state index contributed by atoms with van der Waals surface area (Å²) in [4.78, 5) is 13.4. The SMILES string of the molecule is CCn1ncc(Br)c1N=C=O. The van der Waals surface area contributed by atoms with Gasteiger partial charge in [0.2, 0.25) is 6.08 Å². The number of aromatic nitrogens is 2. The Labute approximate surface area is 72.1 Å². The van der Waals surface area contributed by atoms with E-state index in [1.165, 1.54) is 6.08 Å². The molecule has 58 valence electrons. The average Bonchev–Trinajstić information content (AvgIpc) is 2.34. The van der Waals surface area contributed by atoms with E-state index in [2.05, 4.69) is 26.0 Å². The fourth-order valence-corrected chi connectivity index (χ4v) is 1.13. The van der Waals surface area contributed by atoms with Crippen LogP contribution in [0.4, 0.5) is 5.82 Å². The molecule has 0 fully saturated rings. The third-order valence-electron chi connectivity index (χ3n) is 1.22. The largest absolute Gasteiger partial charge is 0.246 e. The van der Waals surface area contributed by atoms with Crippen LogP contribution >= 0.6 is 15.9 Å². The second-order valence-electron chi connectivity index (χ2n) is 1.83. The highest BCUT2D eigenvalue weighted by atomic mass is 79.9. The average molecular weight is 216 g/mol. The van der Waals surface area contributed by atoms with Gasteiger partial charge in [-0.1, -0.05) is 0 Å². The van der Waals surface area contributed by atoms with Gasteiger partial charge in [-0.15, -0.1) is 4.99 Å². The van der Waals surface area contributed by atoms with Crippen molar-refractivity contribution in [3.05, 3.63) is 10.7 Å². The second kappa shape index (κ2) is 3.46. The van der Waals surface area contributed by atoms with Gasteiger partial charge in [0.25, 0.3) is 0 Å². The zero-order chi connectivity index (χ0) is 8.27. The molecule has 1 rings (SSSR count). The van der Waals surface area contributed by atoms with Crippen molar-refractivity contribution in [3.63, 3.8) is 0 Å². The molecule has 0 bridgehead atoms. The maximum atomic E-state index is 9.94. The van der Waals surface area contributed by atoms with Crippen molar-refractivity contribution >= 4 is 27.8 Å². The highest BCUT2D eigenvalue weighted by Crippen LogP contribution is 2.23. The number of carbonyl (C=O) groups excluding carboxylic acids is 1. The molecule has 0 spiro atoms. The lowest BCUT2D eigenvalue weighted by atomic mass is 10.6. The lowest BCUT2D eigenvalue weighted by Gasteiger charge is -1.95. The zero-order valence-corrected chi connectivity index (χ0v) is 7.50. The molecule has 0 atom stereocenters. The predicted octanol–water partition coefficient (Wildman–Crippen LogP) is 1.63. The van der Waals surface area contributed by atoms with Crippen LogP contribution in [0, 0.1) is 0 Å². The van der Waals surface area contributed by atoms with E-state index in [1.807, 2.05) is 6.92 Å². The number of nitrogens with zero attached hydrogens (tertiary/aromatic N) is 3. The van der Waals surface area contributed by atoms with Crippen molar-refractivity contribution in [2.75, 3.05) is 0 Å². The van der Waals surface area contributed by atoms with Gasteiger partial charge < -0.3 is 0 Å². The van der Waals surface area contributed by atoms with Gasteiger partial charge in [0.1, 0.15) is 0 Å². The number of aryl methyl sites for hydroxylation is 1. The lowest BCUT2D eigenvalue weighted by molar-refractivity contribution is 0.564. The van der Waals surface area contributed by atoms with Crippen LogP contribution in [0.5, 0.6) is 0 Å². The van der Waals surface area contributed by atoms with Gasteiger partial charge in [-0.3, -0.25) is 0 Å². The topological polar surface area (TPSA) is 47.2 Å². The van der Waals surface area contributed by atoms with Crippen LogP contribution < -0.4 is 0 Å². The molecule has 1 heterocycles. The third-order valence-corrected chi connectivity index (χ3v) is 1.78. The Balaban J connectivity index is 3.17. The van der Waals surface area contributed by atoms with Gasteiger partial charge in [-0.2, -0.15) is 5.10 Å². The molecule has 4 nitrogen and oxygen atoms in total. The molecule has 0 aliphatic heterocycles. The Morgan fingerprint density at radius 2 is 2.64 bits per heavy atom. The predicted molar refractivity (Wildman–Crippen MR) is 43.4 cm³/mol. The fourth-order valence-electron chi connectivity index (χ4n) is 0.742. The summed E-state index contributed by atoms with van der Waals surface area (Å²) in [6.07, 6.45) is 3.07. The van der Waals surface area contributed by atoms with E-state index in [1.54, 1.807) is 10.9 Å². The van der Waals surface area contributed by atoms with Crippen LogP contribution in [0.3, 0.4) is 0 Å². The summed E-state index contributed by atoms with van der Waals surface area (Å²) >= 11 is 3.20. The van der Waals surface area contributed by atoms with E-state index in [-0.39, 0.29) is 0 Å². The van der Waals surface area contributed by atoms with Gasteiger partial charge >= 0.3 is 0 Å². The van der Waals surface area contributed by atoms with Crippen molar-refractivity contribution < 1.29 is 4.79 Å². The van der Waals surface area contributed by atoms with Crippen LogP contribution in [-0.2, 0) is 11.3 Å². The van der Waals surface area contributed by atoms with Crippen LogP contribution in [-0.4, -0.2) is 15.9 Å². The number of aliphatic imine (C=N–C) groups is 1. The normalized spacial score (nSPS) is 9.27. The molecule has 0 aliphatic carbocycles. The van der Waals surface area contributed by atoms with E-state index in [0.29, 0.717) is 16.8 Å². The van der Waals surface area contributed by atoms with E-state index in [4.69, 9.17) is 0 Å². The minimum Gasteiger partial charge on any atom is -0.246 e. The highest BCUT2D eigenvalue weighted by molar-refractivity contribution is 9.10. The third kappa shape index (κ3) is 1.56. The van der Waals surface area contributed by atoms with Crippen molar-refractivity contribution in [3.8, 4) is 0 Å². The maximum absolute atomic E-state index is 9.94. The number of halogens is 1. The Morgan fingerprint density at radius 1 is 1.91 bits per heavy atom. The summed E-state index contributed by atoms with van der Waals surface area (Å²) in [7, 11) is 0. The smallest absolute Gasteiger partial charge is 0.242 e. The molecule has 0 amide bonds. The van der Waals surface area contributed by atoms with Crippen LogP contribution in [0.2, 0.25) is 0 Å². The van der Waals surface area contributed by atoms with Crippen molar-refractivity contribution in [2.45, 2.75) is 13.5 Å². The van der Waals surface area contributed by atoms with Crippen LogP contribution in [0.25, 0.3) is 0 Å². The van der Waals surface area contributed by atoms with Crippen molar-refractivity contribution in [2.24, 2.45) is 4.99 Å². The van der Waals surface area contributed by atoms with Gasteiger partial charge in [0, 0.05) is 6.54 Å². The first-order valence-electron chi connectivity index (χ1n) is 3.08. The van der Waals surface area contributed by atoms with Crippen molar-refractivity contribution in [1.82, 2.24) is 9.78 Å². The summed E-state index contributed by atoms with van der Waals surface area (Å²) in [5.41, 5.74) is 0. The quantitative estimate of drug-likeness (QED) is 0.557. The van der Waals surface area contributed by atoms with Crippen LogP contribution in [0.15, 0.2) is 15.7 Å². The number of rotatable bonds is 2. The maximum Gasteiger partial charge on any atom is 0.242 e. The molecule has 0 aromatic carbocycles. The molecular formula is C6H6BrN3O. The molecule has 0 radical (unpaired) electrons. The summed E-state index contributed by atoms with van der Waals surface area (Å²) < 4.78 is 2.32. The minimum absolute atomic E-state index is 0.516. The molecule has 1 aromatic rings. The molecule has 0 saturated carbocycles. The van der Waals surface area contributed by atoms with Gasteiger partial charge in [-0.25, -0.2) is 9.48 Å². The van der Waals surface area contributed by atoms with E-state index in [9.17, 15) is 4.79 Å². The first-order chi connectivity index (χ1) is 5.29. The first-order valence-corrected chi connectivity index (χ1v) is 3.88. The van der Waals surface area contributed by atoms with Gasteiger partial charge in [-0.05, 0) is 22.9 Å². The molecule has 0 unspecified atom stereocenters. The monoisotopic (exact) mass is 215 g/mol. The summed E-state index contributed by atoms with van der Waals surface area (Å²) in [6.45, 7) is 2.61. The molecule has 0 N–H and O–H groups in total. The van der Waals surface area contributed by atoms with Gasteiger partial charge in [0.15, 0.2) is 5.82 Å². The Kier molecular flexibility index (Phi) is 2.57. The van der Waals surface area contributed by atoms with E-state index in [0.717, 1.165) is 0 Å². The highest BCUT2D eigenvalue weighted by Gasteiger charge is 2.04. The Hall–Kier alpha value is -0.930. The van der Waals surface area contributed by atoms with Crippen LogP contribution in [0.1, 0.15) is 6.92 Å². The zero-order valence-electron chi connectivity index (χ0n) is 5.91. The summed E-state index contributed by atoms with van der Waals surface area (Å²) in [5, 5.41) is 3.95. The Morgan fingerprint density at radius 3 is 3.18 bits per heavy atom. The molecule has 0 aliphatic rings. The molecule has 1 aromatic heterocycles. The molecular weight excluding hydrogens is 210 g/mol. The summed E-state index contributed by atoms with van der Waals surface area (Å²) in [5.74, 6) is 0.516. The minimum atomic E-state index is 0.516.